The number of piperidine rings is 1. The quantitative estimate of drug-likeness (QED) is 0.637. The van der Waals surface area contributed by atoms with E-state index in [2.05, 4.69) is 15.5 Å². The van der Waals surface area contributed by atoms with Crippen LogP contribution in [0, 0.1) is 12.8 Å². The first-order valence-corrected chi connectivity index (χ1v) is 11.3. The molecule has 1 aromatic carbocycles. The Labute approximate surface area is 177 Å². The van der Waals surface area contributed by atoms with Gasteiger partial charge in [0, 0.05) is 32.0 Å². The van der Waals surface area contributed by atoms with Crippen LogP contribution in [0.15, 0.2) is 33.7 Å². The van der Waals surface area contributed by atoms with Crippen molar-refractivity contribution in [3.63, 3.8) is 0 Å². The number of carbonyl (C=O) groups excluding carboxylic acids is 1. The van der Waals surface area contributed by atoms with Gasteiger partial charge in [-0.25, -0.2) is 8.42 Å². The molecule has 0 atom stereocenters. The van der Waals surface area contributed by atoms with E-state index in [4.69, 9.17) is 4.52 Å². The van der Waals surface area contributed by atoms with Gasteiger partial charge in [-0.3, -0.25) is 4.79 Å². The van der Waals surface area contributed by atoms with Gasteiger partial charge in [-0.15, -0.1) is 0 Å². The van der Waals surface area contributed by atoms with Crippen LogP contribution < -0.4 is 5.32 Å². The smallest absolute Gasteiger partial charge is 0.356 e. The number of benzene rings is 1. The van der Waals surface area contributed by atoms with Crippen LogP contribution in [0.3, 0.4) is 0 Å². The first-order chi connectivity index (χ1) is 14.6. The third kappa shape index (κ3) is 5.62. The Kier molecular flexibility index (Phi) is 6.99. The van der Waals surface area contributed by atoms with Gasteiger partial charge in [0.05, 0.1) is 10.5 Å². The van der Waals surface area contributed by atoms with Crippen LogP contribution in [0.25, 0.3) is 0 Å². The van der Waals surface area contributed by atoms with E-state index in [-0.39, 0.29) is 31.8 Å². The van der Waals surface area contributed by atoms with Gasteiger partial charge >= 0.3 is 6.18 Å². The predicted octanol–water partition coefficient (Wildman–Crippen LogP) is 2.55. The fourth-order valence-electron chi connectivity index (χ4n) is 3.46. The number of sulfonamides is 1. The molecule has 1 aliphatic heterocycles. The maximum atomic E-state index is 13.2. The number of nitrogens with zero attached hydrogens (tertiary/aromatic N) is 3. The van der Waals surface area contributed by atoms with Gasteiger partial charge in [-0.2, -0.15) is 22.5 Å². The minimum Gasteiger partial charge on any atom is -0.356 e. The van der Waals surface area contributed by atoms with Gasteiger partial charge in [0.25, 0.3) is 0 Å². The Morgan fingerprint density at radius 3 is 2.55 bits per heavy atom. The number of nitrogens with one attached hydrogen (secondary N) is 1. The summed E-state index contributed by atoms with van der Waals surface area (Å²) in [6, 6.07) is 4.13. The standard InChI is InChI=1S/C19H23F3N4O4S/c1-13-24-17(30-25-13)7-4-10-23-18(27)14-8-11-26(12-9-14)31(28,29)16-6-3-2-5-15(16)19(20,21)22/h2-3,5-6,14H,4,7-12H2,1H3,(H,23,27). The average Bonchev–Trinajstić information content (AvgIpc) is 3.15. The van der Waals surface area contributed by atoms with Crippen LogP contribution in [0.2, 0.25) is 0 Å². The molecule has 8 nitrogen and oxygen atoms in total. The van der Waals surface area contributed by atoms with E-state index in [1.54, 1.807) is 6.92 Å². The van der Waals surface area contributed by atoms with Crippen LogP contribution in [-0.2, 0) is 27.4 Å². The number of rotatable bonds is 7. The van der Waals surface area contributed by atoms with Gasteiger partial charge < -0.3 is 9.84 Å². The van der Waals surface area contributed by atoms with E-state index < -0.39 is 32.6 Å². The molecular weight excluding hydrogens is 437 g/mol. The molecule has 1 fully saturated rings. The zero-order chi connectivity index (χ0) is 22.6. The van der Waals surface area contributed by atoms with E-state index in [1.807, 2.05) is 0 Å². The molecule has 1 aliphatic rings. The maximum absolute atomic E-state index is 13.2. The van der Waals surface area contributed by atoms with Gasteiger partial charge in [-0.1, -0.05) is 17.3 Å². The zero-order valence-electron chi connectivity index (χ0n) is 16.9. The van der Waals surface area contributed by atoms with Gasteiger partial charge in [0.15, 0.2) is 5.82 Å². The monoisotopic (exact) mass is 460 g/mol. The van der Waals surface area contributed by atoms with Gasteiger partial charge in [0.2, 0.25) is 21.8 Å². The van der Waals surface area contributed by atoms with Crippen LogP contribution in [0.1, 0.15) is 36.5 Å². The highest BCUT2D eigenvalue weighted by Crippen LogP contribution is 2.36. The topological polar surface area (TPSA) is 105 Å². The third-order valence-corrected chi connectivity index (χ3v) is 7.03. The molecule has 1 saturated heterocycles. The molecule has 170 valence electrons. The Morgan fingerprint density at radius 2 is 1.94 bits per heavy atom. The number of alkyl halides is 3. The first kappa shape index (κ1) is 23.2. The molecule has 1 N–H and O–H groups in total. The van der Waals surface area contributed by atoms with Gasteiger partial charge in [0.1, 0.15) is 0 Å². The Bertz CT molecular complexity index is 1020. The van der Waals surface area contributed by atoms with Crippen molar-refractivity contribution in [1.29, 1.82) is 0 Å². The second-order valence-electron chi connectivity index (χ2n) is 7.30. The lowest BCUT2D eigenvalue weighted by Crippen LogP contribution is -2.43. The molecule has 0 aliphatic carbocycles. The highest BCUT2D eigenvalue weighted by Gasteiger charge is 2.40. The van der Waals surface area contributed by atoms with Crippen LogP contribution in [-0.4, -0.2) is 48.4 Å². The molecule has 0 saturated carbocycles. The second kappa shape index (κ2) is 9.35. The first-order valence-electron chi connectivity index (χ1n) is 9.82. The summed E-state index contributed by atoms with van der Waals surface area (Å²) in [6.07, 6.45) is -3.17. The highest BCUT2D eigenvalue weighted by atomic mass is 32.2. The minimum atomic E-state index is -4.78. The summed E-state index contributed by atoms with van der Waals surface area (Å²) < 4.78 is 71.2. The number of halogens is 3. The summed E-state index contributed by atoms with van der Waals surface area (Å²) in [4.78, 5) is 15.7. The molecule has 12 heteroatoms. The number of aromatic nitrogens is 2. The van der Waals surface area contributed by atoms with Gasteiger partial charge in [-0.05, 0) is 38.3 Å². The van der Waals surface area contributed by atoms with Crippen molar-refractivity contribution in [3.05, 3.63) is 41.5 Å². The molecule has 2 aromatic rings. The van der Waals surface area contributed by atoms with Crippen LogP contribution >= 0.6 is 0 Å². The summed E-state index contributed by atoms with van der Waals surface area (Å²) in [5.74, 6) is 0.437. The fourth-order valence-corrected chi connectivity index (χ4v) is 5.14. The van der Waals surface area contributed by atoms with Crippen molar-refractivity contribution in [2.24, 2.45) is 5.92 Å². The molecule has 1 amide bonds. The Hall–Kier alpha value is -2.47. The number of carbonyl (C=O) groups is 1. The van der Waals surface area contributed by atoms with Crippen molar-refractivity contribution in [2.75, 3.05) is 19.6 Å². The average molecular weight is 460 g/mol. The van der Waals surface area contributed by atoms with Crippen LogP contribution in [0.4, 0.5) is 13.2 Å². The fraction of sp³-hybridized carbons (Fsp3) is 0.526. The van der Waals surface area contributed by atoms with Crippen molar-refractivity contribution in [1.82, 2.24) is 19.8 Å². The zero-order valence-corrected chi connectivity index (χ0v) is 17.7. The molecule has 0 bridgehead atoms. The lowest BCUT2D eigenvalue weighted by atomic mass is 9.97. The van der Waals surface area contributed by atoms with E-state index in [9.17, 15) is 26.4 Å². The highest BCUT2D eigenvalue weighted by molar-refractivity contribution is 7.89. The molecule has 0 unspecified atom stereocenters. The number of hydrogen-bond acceptors (Lipinski definition) is 6. The largest absolute Gasteiger partial charge is 0.417 e. The SMILES string of the molecule is Cc1noc(CCCNC(=O)C2CCN(S(=O)(=O)c3ccccc3C(F)(F)F)CC2)n1. The third-order valence-electron chi connectivity index (χ3n) is 5.07. The summed E-state index contributed by atoms with van der Waals surface area (Å²) in [7, 11) is -4.32. The summed E-state index contributed by atoms with van der Waals surface area (Å²) in [5.41, 5.74) is -1.19. The minimum absolute atomic E-state index is 0.0200. The van der Waals surface area contributed by atoms with E-state index in [1.165, 1.54) is 6.07 Å². The van der Waals surface area contributed by atoms with Crippen molar-refractivity contribution in [3.8, 4) is 0 Å². The molecule has 31 heavy (non-hydrogen) atoms. The normalized spacial score (nSPS) is 16.4. The predicted molar refractivity (Wildman–Crippen MR) is 103 cm³/mol. The van der Waals surface area contributed by atoms with E-state index in [0.717, 1.165) is 22.5 Å². The van der Waals surface area contributed by atoms with Crippen molar-refractivity contribution >= 4 is 15.9 Å². The number of hydrogen-bond donors (Lipinski definition) is 1. The molecule has 2 heterocycles. The molecular formula is C19H23F3N4O4S. The molecule has 3 rings (SSSR count). The van der Waals surface area contributed by atoms with E-state index in [0.29, 0.717) is 31.1 Å². The Balaban J connectivity index is 1.52. The van der Waals surface area contributed by atoms with Crippen molar-refractivity contribution < 1.29 is 30.9 Å². The molecule has 1 aromatic heterocycles. The lowest BCUT2D eigenvalue weighted by Gasteiger charge is -2.31. The summed E-state index contributed by atoms with van der Waals surface area (Å²) in [6.45, 7) is 2.07. The lowest BCUT2D eigenvalue weighted by molar-refractivity contribution is -0.139. The molecule has 0 spiro atoms. The number of aryl methyl sites for hydroxylation is 2. The number of amides is 1. The van der Waals surface area contributed by atoms with Crippen molar-refractivity contribution in [2.45, 2.75) is 43.7 Å². The Morgan fingerprint density at radius 1 is 1.26 bits per heavy atom. The van der Waals surface area contributed by atoms with Crippen LogP contribution in [0.5, 0.6) is 0 Å². The molecule has 0 radical (unpaired) electrons. The van der Waals surface area contributed by atoms with E-state index >= 15 is 0 Å². The maximum Gasteiger partial charge on any atom is 0.417 e. The summed E-state index contributed by atoms with van der Waals surface area (Å²) in [5, 5.41) is 6.48. The second-order valence-corrected chi connectivity index (χ2v) is 9.21. The summed E-state index contributed by atoms with van der Waals surface area (Å²) >= 11 is 0.